The van der Waals surface area contributed by atoms with Gasteiger partial charge in [0.2, 0.25) is 0 Å². The zero-order chi connectivity index (χ0) is 16.6. The van der Waals surface area contributed by atoms with Gasteiger partial charge in [0, 0.05) is 41.7 Å². The van der Waals surface area contributed by atoms with Crippen LogP contribution < -0.4 is 5.56 Å². The zero-order valence-electron chi connectivity index (χ0n) is 13.2. The number of aromatic nitrogens is 2. The van der Waals surface area contributed by atoms with Crippen molar-refractivity contribution in [2.24, 2.45) is 0 Å². The maximum Gasteiger partial charge on any atom is 0.254 e. The van der Waals surface area contributed by atoms with E-state index in [1.807, 2.05) is 13.8 Å². The maximum absolute atomic E-state index is 14.0. The lowest BCUT2D eigenvalue weighted by molar-refractivity contribution is 0.236. The summed E-state index contributed by atoms with van der Waals surface area (Å²) >= 11 is 6.10. The second-order valence-electron chi connectivity index (χ2n) is 6.19. The highest BCUT2D eigenvalue weighted by molar-refractivity contribution is 6.31. The van der Waals surface area contributed by atoms with Gasteiger partial charge in [-0.2, -0.15) is 0 Å². The van der Waals surface area contributed by atoms with Gasteiger partial charge >= 0.3 is 0 Å². The number of fused-ring (bicyclic) bond motifs is 1. The molecule has 0 unspecified atom stereocenters. The molecule has 3 rings (SSSR count). The number of H-pyrrole nitrogens is 1. The molecule has 1 N–H and O–H groups in total. The maximum atomic E-state index is 14.0. The van der Waals surface area contributed by atoms with E-state index in [2.05, 4.69) is 14.9 Å². The van der Waals surface area contributed by atoms with E-state index in [0.717, 1.165) is 11.3 Å². The lowest BCUT2D eigenvalue weighted by atomic mass is 10.0. The SMILES string of the molecule is CC(C)c1nc2c(c(=O)[nH]1)CCN(Cc1c(F)cccc1Cl)C2. The lowest BCUT2D eigenvalue weighted by Crippen LogP contribution is -2.35. The van der Waals surface area contributed by atoms with E-state index in [0.29, 0.717) is 42.5 Å². The smallest absolute Gasteiger partial charge is 0.254 e. The minimum atomic E-state index is -0.301. The number of hydrogen-bond acceptors (Lipinski definition) is 3. The summed E-state index contributed by atoms with van der Waals surface area (Å²) in [6.45, 7) is 5.61. The molecule has 0 spiro atoms. The molecule has 0 saturated carbocycles. The Morgan fingerprint density at radius 3 is 2.91 bits per heavy atom. The summed E-state index contributed by atoms with van der Waals surface area (Å²) in [5.41, 5.74) is 1.97. The van der Waals surface area contributed by atoms with E-state index in [4.69, 9.17) is 11.6 Å². The van der Waals surface area contributed by atoms with Crippen LogP contribution in [0.4, 0.5) is 4.39 Å². The van der Waals surface area contributed by atoms with E-state index in [-0.39, 0.29) is 17.3 Å². The lowest BCUT2D eigenvalue weighted by Gasteiger charge is -2.28. The number of benzene rings is 1. The number of nitrogens with one attached hydrogen (secondary N) is 1. The Morgan fingerprint density at radius 2 is 2.22 bits per heavy atom. The summed E-state index contributed by atoms with van der Waals surface area (Å²) in [6.07, 6.45) is 0.613. The highest BCUT2D eigenvalue weighted by atomic mass is 35.5. The number of hydrogen-bond donors (Lipinski definition) is 1. The van der Waals surface area contributed by atoms with Crippen molar-refractivity contribution >= 4 is 11.6 Å². The fourth-order valence-corrected chi connectivity index (χ4v) is 3.05. The Bertz CT molecular complexity index is 768. The van der Waals surface area contributed by atoms with Crippen LogP contribution in [0.2, 0.25) is 5.02 Å². The molecule has 2 aromatic rings. The van der Waals surface area contributed by atoms with Crippen LogP contribution in [-0.2, 0) is 19.5 Å². The van der Waals surface area contributed by atoms with Gasteiger partial charge < -0.3 is 4.98 Å². The molecular weight excluding hydrogens is 317 g/mol. The van der Waals surface area contributed by atoms with Gasteiger partial charge in [0.05, 0.1) is 5.69 Å². The van der Waals surface area contributed by atoms with Gasteiger partial charge in [-0.05, 0) is 18.6 Å². The molecule has 122 valence electrons. The van der Waals surface area contributed by atoms with Gasteiger partial charge in [-0.3, -0.25) is 9.69 Å². The Hall–Kier alpha value is -1.72. The molecule has 0 saturated heterocycles. The third kappa shape index (κ3) is 3.31. The van der Waals surface area contributed by atoms with Gasteiger partial charge in [-0.15, -0.1) is 0 Å². The van der Waals surface area contributed by atoms with Gasteiger partial charge in [-0.1, -0.05) is 31.5 Å². The van der Waals surface area contributed by atoms with Crippen molar-refractivity contribution < 1.29 is 4.39 Å². The molecular formula is C17H19ClFN3O. The molecule has 0 atom stereocenters. The first kappa shape index (κ1) is 16.1. The number of rotatable bonds is 3. The molecule has 0 aliphatic carbocycles. The third-order valence-electron chi connectivity index (χ3n) is 4.16. The van der Waals surface area contributed by atoms with Crippen LogP contribution in [0.25, 0.3) is 0 Å². The van der Waals surface area contributed by atoms with Crippen LogP contribution in [0.5, 0.6) is 0 Å². The van der Waals surface area contributed by atoms with Crippen LogP contribution in [0, 0.1) is 5.82 Å². The van der Waals surface area contributed by atoms with Crippen LogP contribution in [0.15, 0.2) is 23.0 Å². The van der Waals surface area contributed by atoms with Crippen molar-refractivity contribution in [3.63, 3.8) is 0 Å². The van der Waals surface area contributed by atoms with Crippen LogP contribution in [0.3, 0.4) is 0 Å². The summed E-state index contributed by atoms with van der Waals surface area (Å²) in [5.74, 6) is 0.550. The molecule has 2 heterocycles. The molecule has 0 bridgehead atoms. The van der Waals surface area contributed by atoms with E-state index in [9.17, 15) is 9.18 Å². The number of aromatic amines is 1. The monoisotopic (exact) mass is 335 g/mol. The van der Waals surface area contributed by atoms with Crippen molar-refractivity contribution in [1.29, 1.82) is 0 Å². The summed E-state index contributed by atoms with van der Waals surface area (Å²) < 4.78 is 14.0. The predicted octanol–water partition coefficient (Wildman–Crippen LogP) is 3.24. The Labute approximate surface area is 139 Å². The van der Waals surface area contributed by atoms with Crippen molar-refractivity contribution in [2.75, 3.05) is 6.54 Å². The fraction of sp³-hybridized carbons (Fsp3) is 0.412. The molecule has 1 aliphatic heterocycles. The van der Waals surface area contributed by atoms with Gasteiger partial charge in [-0.25, -0.2) is 9.37 Å². The van der Waals surface area contributed by atoms with Crippen LogP contribution >= 0.6 is 11.6 Å². The second kappa shape index (κ2) is 6.42. The molecule has 23 heavy (non-hydrogen) atoms. The highest BCUT2D eigenvalue weighted by Gasteiger charge is 2.23. The zero-order valence-corrected chi connectivity index (χ0v) is 14.0. The minimum absolute atomic E-state index is 0.0534. The molecule has 4 nitrogen and oxygen atoms in total. The topological polar surface area (TPSA) is 49.0 Å². The molecule has 0 amide bonds. The molecule has 1 aromatic heterocycles. The first-order chi connectivity index (χ1) is 11.0. The standard InChI is InChI=1S/C17H19ClFN3O/c1-10(2)16-20-15-9-22(7-6-11(15)17(23)21-16)8-12-13(18)4-3-5-14(12)19/h3-5,10H,6-9H2,1-2H3,(H,20,21,23). The Kier molecular flexibility index (Phi) is 4.50. The van der Waals surface area contributed by atoms with Crippen molar-refractivity contribution in [3.05, 3.63) is 62.0 Å². The molecule has 1 aromatic carbocycles. The molecule has 0 radical (unpaired) electrons. The number of halogens is 2. The average molecular weight is 336 g/mol. The summed E-state index contributed by atoms with van der Waals surface area (Å²) in [7, 11) is 0. The summed E-state index contributed by atoms with van der Waals surface area (Å²) in [6, 6.07) is 4.71. The fourth-order valence-electron chi connectivity index (χ4n) is 2.83. The van der Waals surface area contributed by atoms with Gasteiger partial charge in [0.25, 0.3) is 5.56 Å². The first-order valence-corrected chi connectivity index (χ1v) is 8.10. The highest BCUT2D eigenvalue weighted by Crippen LogP contribution is 2.24. The Balaban J connectivity index is 1.87. The quantitative estimate of drug-likeness (QED) is 0.936. The van der Waals surface area contributed by atoms with Crippen molar-refractivity contribution in [3.8, 4) is 0 Å². The third-order valence-corrected chi connectivity index (χ3v) is 4.52. The van der Waals surface area contributed by atoms with Crippen molar-refractivity contribution in [1.82, 2.24) is 14.9 Å². The van der Waals surface area contributed by atoms with E-state index >= 15 is 0 Å². The average Bonchev–Trinajstić information content (AvgIpc) is 2.50. The Morgan fingerprint density at radius 1 is 1.43 bits per heavy atom. The second-order valence-corrected chi connectivity index (χ2v) is 6.60. The molecule has 0 fully saturated rings. The first-order valence-electron chi connectivity index (χ1n) is 7.73. The van der Waals surface area contributed by atoms with Crippen molar-refractivity contribution in [2.45, 2.75) is 39.3 Å². The van der Waals surface area contributed by atoms with Crippen LogP contribution in [-0.4, -0.2) is 21.4 Å². The number of nitrogens with zero attached hydrogens (tertiary/aromatic N) is 2. The predicted molar refractivity (Wildman–Crippen MR) is 88.2 cm³/mol. The van der Waals surface area contributed by atoms with Gasteiger partial charge in [0.15, 0.2) is 0 Å². The van der Waals surface area contributed by atoms with E-state index in [1.54, 1.807) is 12.1 Å². The minimum Gasteiger partial charge on any atom is -0.310 e. The van der Waals surface area contributed by atoms with Crippen LogP contribution in [0.1, 0.15) is 42.4 Å². The van der Waals surface area contributed by atoms with Gasteiger partial charge in [0.1, 0.15) is 11.6 Å². The normalized spacial score (nSPS) is 15.0. The summed E-state index contributed by atoms with van der Waals surface area (Å²) in [4.78, 5) is 21.7. The van der Waals surface area contributed by atoms with E-state index in [1.165, 1.54) is 6.07 Å². The largest absolute Gasteiger partial charge is 0.310 e. The molecule has 6 heteroatoms. The summed E-state index contributed by atoms with van der Waals surface area (Å²) in [5, 5.41) is 0.428. The molecule has 1 aliphatic rings. The van der Waals surface area contributed by atoms with E-state index < -0.39 is 0 Å².